The summed E-state index contributed by atoms with van der Waals surface area (Å²) >= 11 is 0. The van der Waals surface area contributed by atoms with E-state index in [1.165, 1.54) is 0 Å². The van der Waals surface area contributed by atoms with Crippen LogP contribution in [0.2, 0.25) is 0 Å². The Morgan fingerprint density at radius 3 is 2.75 bits per heavy atom. The second-order valence-corrected chi connectivity index (χ2v) is 4.69. The third kappa shape index (κ3) is 8.35. The van der Waals surface area contributed by atoms with Crippen LogP contribution in [-0.4, -0.2) is 76.6 Å². The Labute approximate surface area is 122 Å². The molecule has 0 bridgehead atoms. The summed E-state index contributed by atoms with van der Waals surface area (Å²) in [4.78, 5) is 6.95. The summed E-state index contributed by atoms with van der Waals surface area (Å²) in [7, 11) is 0. The molecule has 0 spiro atoms. The van der Waals surface area contributed by atoms with E-state index >= 15 is 0 Å². The normalized spacial score (nSPS) is 17.2. The predicted octanol–water partition coefficient (Wildman–Crippen LogP) is 0.300. The molecule has 0 aromatic carbocycles. The van der Waals surface area contributed by atoms with Gasteiger partial charge in [-0.15, -0.1) is 0 Å². The number of nitrogens with one attached hydrogen (secondary N) is 2. The molecule has 118 valence electrons. The van der Waals surface area contributed by atoms with Crippen molar-refractivity contribution in [2.75, 3.05) is 65.7 Å². The Balaban J connectivity index is 2.14. The third-order valence-corrected chi connectivity index (χ3v) is 3.09. The highest BCUT2D eigenvalue weighted by Crippen LogP contribution is 1.94. The molecule has 6 heteroatoms. The van der Waals surface area contributed by atoms with Crippen LogP contribution in [0.5, 0.6) is 0 Å². The smallest absolute Gasteiger partial charge is 0.191 e. The van der Waals surface area contributed by atoms with Gasteiger partial charge in [0.1, 0.15) is 0 Å². The SMILES string of the molecule is CCNC(=NCCCOCC)NCCN1CCOCC1. The molecule has 1 fully saturated rings. The average Bonchev–Trinajstić information content (AvgIpc) is 2.48. The van der Waals surface area contributed by atoms with Crippen LogP contribution in [0.1, 0.15) is 20.3 Å². The fraction of sp³-hybridized carbons (Fsp3) is 0.929. The zero-order valence-corrected chi connectivity index (χ0v) is 13.0. The van der Waals surface area contributed by atoms with Crippen molar-refractivity contribution >= 4 is 5.96 Å². The van der Waals surface area contributed by atoms with Gasteiger partial charge >= 0.3 is 0 Å². The zero-order chi connectivity index (χ0) is 14.5. The monoisotopic (exact) mass is 286 g/mol. The molecule has 0 atom stereocenters. The minimum atomic E-state index is 0.779. The van der Waals surface area contributed by atoms with Gasteiger partial charge in [-0.1, -0.05) is 0 Å². The molecule has 1 heterocycles. The third-order valence-electron chi connectivity index (χ3n) is 3.09. The average molecular weight is 286 g/mol. The molecule has 1 saturated heterocycles. The molecule has 6 nitrogen and oxygen atoms in total. The van der Waals surface area contributed by atoms with Gasteiger partial charge in [-0.05, 0) is 20.3 Å². The first-order valence-corrected chi connectivity index (χ1v) is 7.76. The maximum absolute atomic E-state index is 5.34. The van der Waals surface area contributed by atoms with Crippen LogP contribution in [-0.2, 0) is 9.47 Å². The van der Waals surface area contributed by atoms with Crippen LogP contribution in [0.3, 0.4) is 0 Å². The van der Waals surface area contributed by atoms with Gasteiger partial charge in [-0.25, -0.2) is 0 Å². The van der Waals surface area contributed by atoms with Crippen LogP contribution in [0, 0.1) is 0 Å². The van der Waals surface area contributed by atoms with Gasteiger partial charge in [-0.3, -0.25) is 9.89 Å². The summed E-state index contributed by atoms with van der Waals surface area (Å²) in [5.41, 5.74) is 0. The highest BCUT2D eigenvalue weighted by molar-refractivity contribution is 5.79. The number of hydrogen-bond acceptors (Lipinski definition) is 4. The van der Waals surface area contributed by atoms with E-state index in [0.717, 1.165) is 78.1 Å². The fourth-order valence-corrected chi connectivity index (χ4v) is 2.00. The van der Waals surface area contributed by atoms with Crippen molar-refractivity contribution in [1.82, 2.24) is 15.5 Å². The minimum absolute atomic E-state index is 0.779. The minimum Gasteiger partial charge on any atom is -0.382 e. The van der Waals surface area contributed by atoms with Gasteiger partial charge in [0.25, 0.3) is 0 Å². The van der Waals surface area contributed by atoms with Crippen LogP contribution in [0.25, 0.3) is 0 Å². The second-order valence-electron chi connectivity index (χ2n) is 4.69. The number of aliphatic imine (C=N–C) groups is 1. The number of nitrogens with zero attached hydrogens (tertiary/aromatic N) is 2. The summed E-state index contributed by atoms with van der Waals surface area (Å²) < 4.78 is 10.6. The van der Waals surface area contributed by atoms with Crippen LogP contribution >= 0.6 is 0 Å². The van der Waals surface area contributed by atoms with Crippen LogP contribution in [0.15, 0.2) is 4.99 Å². The predicted molar refractivity (Wildman–Crippen MR) is 82.4 cm³/mol. The molecule has 1 aliphatic heterocycles. The summed E-state index contributed by atoms with van der Waals surface area (Å²) in [6.45, 7) is 13.1. The standard InChI is InChI=1S/C14H30N4O2/c1-3-15-14(16-6-5-11-19-4-2)17-7-8-18-9-12-20-13-10-18/h3-13H2,1-2H3,(H2,15,16,17). The van der Waals surface area contributed by atoms with E-state index in [4.69, 9.17) is 9.47 Å². The Morgan fingerprint density at radius 1 is 1.25 bits per heavy atom. The van der Waals surface area contributed by atoms with E-state index in [0.29, 0.717) is 0 Å². The Kier molecular flexibility index (Phi) is 10.3. The first-order valence-electron chi connectivity index (χ1n) is 7.76. The van der Waals surface area contributed by atoms with Crippen LogP contribution in [0.4, 0.5) is 0 Å². The molecule has 0 amide bonds. The van der Waals surface area contributed by atoms with Gasteiger partial charge in [-0.2, -0.15) is 0 Å². The summed E-state index contributed by atoms with van der Waals surface area (Å²) in [6, 6.07) is 0. The summed E-state index contributed by atoms with van der Waals surface area (Å²) in [6.07, 6.45) is 0.966. The molecule has 0 aliphatic carbocycles. The van der Waals surface area contributed by atoms with E-state index < -0.39 is 0 Å². The zero-order valence-electron chi connectivity index (χ0n) is 13.0. The van der Waals surface area contributed by atoms with E-state index in [1.807, 2.05) is 6.92 Å². The molecular formula is C14H30N4O2. The molecule has 20 heavy (non-hydrogen) atoms. The Morgan fingerprint density at radius 2 is 2.05 bits per heavy atom. The number of rotatable bonds is 9. The number of ether oxygens (including phenoxy) is 2. The lowest BCUT2D eigenvalue weighted by Gasteiger charge is -2.26. The molecule has 0 aromatic heterocycles. The molecule has 1 rings (SSSR count). The lowest BCUT2D eigenvalue weighted by Crippen LogP contribution is -2.44. The van der Waals surface area contributed by atoms with Gasteiger partial charge in [0, 0.05) is 52.5 Å². The molecule has 1 aliphatic rings. The highest BCUT2D eigenvalue weighted by Gasteiger charge is 2.09. The van der Waals surface area contributed by atoms with E-state index in [1.54, 1.807) is 0 Å². The summed E-state index contributed by atoms with van der Waals surface area (Å²) in [5.74, 6) is 0.900. The first-order chi connectivity index (χ1) is 9.86. The lowest BCUT2D eigenvalue weighted by molar-refractivity contribution is 0.0389. The Hall–Kier alpha value is -0.850. The van der Waals surface area contributed by atoms with E-state index in [-0.39, 0.29) is 0 Å². The number of guanidine groups is 1. The fourth-order valence-electron chi connectivity index (χ4n) is 2.00. The molecule has 0 unspecified atom stereocenters. The second kappa shape index (κ2) is 11.9. The first kappa shape index (κ1) is 17.2. The number of morpholine rings is 1. The van der Waals surface area contributed by atoms with Gasteiger partial charge in [0.2, 0.25) is 0 Å². The maximum atomic E-state index is 5.34. The van der Waals surface area contributed by atoms with Crippen molar-refractivity contribution in [3.8, 4) is 0 Å². The lowest BCUT2D eigenvalue weighted by atomic mass is 10.4. The largest absolute Gasteiger partial charge is 0.382 e. The van der Waals surface area contributed by atoms with Gasteiger partial charge < -0.3 is 20.1 Å². The Bertz CT molecular complexity index is 256. The molecule has 0 radical (unpaired) electrons. The highest BCUT2D eigenvalue weighted by atomic mass is 16.5. The maximum Gasteiger partial charge on any atom is 0.191 e. The van der Waals surface area contributed by atoms with E-state index in [9.17, 15) is 0 Å². The van der Waals surface area contributed by atoms with Crippen LogP contribution < -0.4 is 10.6 Å². The van der Waals surface area contributed by atoms with Gasteiger partial charge in [0.15, 0.2) is 5.96 Å². The number of hydrogen-bond donors (Lipinski definition) is 2. The van der Waals surface area contributed by atoms with Crippen molar-refractivity contribution in [2.24, 2.45) is 4.99 Å². The van der Waals surface area contributed by atoms with Crippen molar-refractivity contribution < 1.29 is 9.47 Å². The molecule has 0 saturated carbocycles. The van der Waals surface area contributed by atoms with Gasteiger partial charge in [0.05, 0.1) is 13.2 Å². The summed E-state index contributed by atoms with van der Waals surface area (Å²) in [5, 5.41) is 6.64. The molecule has 2 N–H and O–H groups in total. The topological polar surface area (TPSA) is 58.1 Å². The van der Waals surface area contributed by atoms with Crippen molar-refractivity contribution in [3.05, 3.63) is 0 Å². The van der Waals surface area contributed by atoms with E-state index in [2.05, 4.69) is 27.4 Å². The molecule has 0 aromatic rings. The van der Waals surface area contributed by atoms with Crippen molar-refractivity contribution in [2.45, 2.75) is 20.3 Å². The molecular weight excluding hydrogens is 256 g/mol. The van der Waals surface area contributed by atoms with Crippen molar-refractivity contribution in [1.29, 1.82) is 0 Å². The quantitative estimate of drug-likeness (QED) is 0.363. The van der Waals surface area contributed by atoms with Crippen molar-refractivity contribution in [3.63, 3.8) is 0 Å².